The number of rotatable bonds is 12. The van der Waals surface area contributed by atoms with Gasteiger partial charge in [0.25, 0.3) is 0 Å². The molecule has 1 saturated carbocycles. The fourth-order valence-electron chi connectivity index (χ4n) is 5.72. The van der Waals surface area contributed by atoms with Gasteiger partial charge in [0.2, 0.25) is 11.8 Å². The first-order valence-corrected chi connectivity index (χ1v) is 16.0. The lowest BCUT2D eigenvalue weighted by Crippen LogP contribution is -2.35. The summed E-state index contributed by atoms with van der Waals surface area (Å²) in [5.74, 6) is 3.79. The minimum absolute atomic E-state index is 0.369. The van der Waals surface area contributed by atoms with E-state index < -0.39 is 5.41 Å². The van der Waals surface area contributed by atoms with Crippen LogP contribution in [0.1, 0.15) is 12.8 Å². The van der Waals surface area contributed by atoms with Gasteiger partial charge in [0.05, 0.1) is 39.5 Å². The Labute approximate surface area is 293 Å². The molecule has 258 valence electrons. The van der Waals surface area contributed by atoms with Crippen LogP contribution in [0.15, 0.2) is 97.3 Å². The Morgan fingerprint density at radius 3 is 1.25 bits per heavy atom. The Morgan fingerprint density at radius 1 is 0.529 bits per heavy atom. The molecule has 6 aromatic rings. The van der Waals surface area contributed by atoms with Crippen LogP contribution in [0.2, 0.25) is 0 Å². The second-order valence-electron chi connectivity index (χ2n) is 11.8. The molecule has 4 aromatic carbocycles. The van der Waals surface area contributed by atoms with Crippen LogP contribution in [0, 0.1) is 5.41 Å². The zero-order valence-corrected chi connectivity index (χ0v) is 28.3. The maximum Gasteiger partial charge on any atom is 0.240 e. The first-order valence-electron chi connectivity index (χ1n) is 16.0. The third-order valence-corrected chi connectivity index (χ3v) is 8.71. The van der Waals surface area contributed by atoms with E-state index in [1.807, 2.05) is 12.1 Å². The van der Waals surface area contributed by atoms with Crippen LogP contribution in [0.5, 0.6) is 46.0 Å². The number of hydrogen-bond acceptors (Lipinski definition) is 10. The molecule has 2 amide bonds. The Bertz CT molecular complexity index is 2100. The molecule has 0 bridgehead atoms. The molecule has 0 unspecified atom stereocenters. The Morgan fingerprint density at radius 2 is 0.902 bits per heavy atom. The molecular weight excluding hydrogens is 652 g/mol. The van der Waals surface area contributed by atoms with Crippen molar-refractivity contribution in [2.75, 3.05) is 39.1 Å². The molecule has 0 spiro atoms. The van der Waals surface area contributed by atoms with E-state index in [1.54, 1.807) is 114 Å². The van der Waals surface area contributed by atoms with Crippen molar-refractivity contribution in [3.8, 4) is 46.0 Å². The predicted octanol–water partition coefficient (Wildman–Crippen LogP) is 7.76. The quantitative estimate of drug-likeness (QED) is 0.123. The molecule has 0 atom stereocenters. The number of nitrogens with one attached hydrogen (secondary N) is 2. The molecule has 7 rings (SSSR count). The van der Waals surface area contributed by atoms with E-state index in [4.69, 9.17) is 28.4 Å². The topological polar surface area (TPSA) is 139 Å². The van der Waals surface area contributed by atoms with Gasteiger partial charge in [-0.15, -0.1) is 0 Å². The number of carbonyl (C=O) groups excluding carboxylic acids is 2. The molecule has 12 heteroatoms. The largest absolute Gasteiger partial charge is 0.493 e. The lowest BCUT2D eigenvalue weighted by atomic mass is 10.0. The first-order chi connectivity index (χ1) is 24.8. The monoisotopic (exact) mass is 686 g/mol. The first kappa shape index (κ1) is 33.0. The van der Waals surface area contributed by atoms with E-state index in [0.29, 0.717) is 81.2 Å². The van der Waals surface area contributed by atoms with Gasteiger partial charge in [0.1, 0.15) is 28.4 Å². The third kappa shape index (κ3) is 6.58. The van der Waals surface area contributed by atoms with Gasteiger partial charge in [-0.2, -0.15) is 0 Å². The molecule has 2 aromatic heterocycles. The highest BCUT2D eigenvalue weighted by atomic mass is 16.5. The van der Waals surface area contributed by atoms with Crippen molar-refractivity contribution in [2.24, 2.45) is 5.41 Å². The number of nitrogens with zero attached hydrogens (tertiary/aromatic N) is 2. The lowest BCUT2D eigenvalue weighted by molar-refractivity contribution is -0.131. The number of amides is 2. The number of benzene rings is 4. The molecule has 2 heterocycles. The molecule has 12 nitrogen and oxygen atoms in total. The highest BCUT2D eigenvalue weighted by molar-refractivity contribution is 6.17. The van der Waals surface area contributed by atoms with Gasteiger partial charge in [-0.1, -0.05) is 0 Å². The zero-order chi connectivity index (χ0) is 35.5. The molecule has 0 radical (unpaired) electrons. The predicted molar refractivity (Wildman–Crippen MR) is 192 cm³/mol. The number of anilines is 2. The second-order valence-corrected chi connectivity index (χ2v) is 11.8. The molecular formula is C39H34N4O8. The van der Waals surface area contributed by atoms with E-state index in [0.717, 1.165) is 10.8 Å². The van der Waals surface area contributed by atoms with E-state index in [2.05, 4.69) is 20.6 Å². The summed E-state index contributed by atoms with van der Waals surface area (Å²) in [6, 6.07) is 24.6. The van der Waals surface area contributed by atoms with Crippen LogP contribution in [0.3, 0.4) is 0 Å². The van der Waals surface area contributed by atoms with Crippen molar-refractivity contribution in [2.45, 2.75) is 12.8 Å². The summed E-state index contributed by atoms with van der Waals surface area (Å²) in [5.41, 5.74) is 1.30. The zero-order valence-electron chi connectivity index (χ0n) is 28.3. The number of aromatic nitrogens is 2. The number of hydrogen-bond donors (Lipinski definition) is 2. The Kier molecular flexibility index (Phi) is 8.89. The van der Waals surface area contributed by atoms with Gasteiger partial charge in [0.15, 0.2) is 23.0 Å². The van der Waals surface area contributed by atoms with Crippen molar-refractivity contribution in [1.82, 2.24) is 9.97 Å². The van der Waals surface area contributed by atoms with E-state index in [1.165, 1.54) is 0 Å². The third-order valence-electron chi connectivity index (χ3n) is 8.71. The minimum atomic E-state index is -1.16. The number of methoxy groups -OCH3 is 4. The van der Waals surface area contributed by atoms with Gasteiger partial charge < -0.3 is 39.1 Å². The molecule has 1 aliphatic carbocycles. The maximum atomic E-state index is 13.3. The molecule has 51 heavy (non-hydrogen) atoms. The molecule has 0 aliphatic heterocycles. The summed E-state index contributed by atoms with van der Waals surface area (Å²) in [4.78, 5) is 35.5. The van der Waals surface area contributed by atoms with E-state index >= 15 is 0 Å². The SMILES string of the molecule is COc1cc2nccc(Oc3ccc(NC(=O)C4(C(=O)Nc5ccc(Oc6ccnc7cc(OC)c(OC)cc67)cc5)CC4)cc3)c2cc1OC. The van der Waals surface area contributed by atoms with Gasteiger partial charge >= 0.3 is 0 Å². The van der Waals surface area contributed by atoms with Crippen LogP contribution in [0.25, 0.3) is 21.8 Å². The standard InChI is InChI=1S/C39H34N4O8/c1-46-33-19-27-29(21-35(33)48-3)40-17-13-31(27)50-25-9-5-23(6-10-25)42-37(44)39(15-16-39)38(45)43-24-7-11-26(12-8-24)51-32-14-18-41-30-22-36(49-4)34(47-2)20-28(30)32/h5-14,17-22H,15-16H2,1-4H3,(H,42,44)(H,43,45). The highest BCUT2D eigenvalue weighted by Crippen LogP contribution is 2.48. The summed E-state index contributed by atoms with van der Waals surface area (Å²) in [6.45, 7) is 0. The molecule has 1 aliphatic rings. The summed E-state index contributed by atoms with van der Waals surface area (Å²) >= 11 is 0. The Hall–Kier alpha value is -6.56. The summed E-state index contributed by atoms with van der Waals surface area (Å²) in [5, 5.41) is 7.28. The maximum absolute atomic E-state index is 13.3. The van der Waals surface area contributed by atoms with Gasteiger partial charge in [0, 0.05) is 46.7 Å². The van der Waals surface area contributed by atoms with Gasteiger partial charge in [-0.25, -0.2) is 0 Å². The fraction of sp³-hybridized carbons (Fsp3) is 0.179. The number of fused-ring (bicyclic) bond motifs is 2. The molecule has 2 N–H and O–H groups in total. The number of pyridine rings is 2. The minimum Gasteiger partial charge on any atom is -0.493 e. The summed E-state index contributed by atoms with van der Waals surface area (Å²) in [7, 11) is 6.28. The van der Waals surface area contributed by atoms with Gasteiger partial charge in [-0.05, 0) is 85.6 Å². The Balaban J connectivity index is 0.981. The van der Waals surface area contributed by atoms with Crippen molar-refractivity contribution < 1.29 is 38.0 Å². The fourth-order valence-corrected chi connectivity index (χ4v) is 5.72. The average Bonchev–Trinajstić information content (AvgIpc) is 3.98. The normalized spacial score (nSPS) is 12.9. The van der Waals surface area contributed by atoms with Crippen molar-refractivity contribution in [3.05, 3.63) is 97.3 Å². The second kappa shape index (κ2) is 13.7. The van der Waals surface area contributed by atoms with Crippen LogP contribution in [-0.4, -0.2) is 50.2 Å². The number of ether oxygens (including phenoxy) is 6. The van der Waals surface area contributed by atoms with Crippen LogP contribution < -0.4 is 39.1 Å². The van der Waals surface area contributed by atoms with Crippen LogP contribution >= 0.6 is 0 Å². The van der Waals surface area contributed by atoms with Crippen LogP contribution in [0.4, 0.5) is 11.4 Å². The smallest absolute Gasteiger partial charge is 0.240 e. The molecule has 0 saturated heterocycles. The lowest BCUT2D eigenvalue weighted by Gasteiger charge is -2.16. The molecule has 1 fully saturated rings. The summed E-state index contributed by atoms with van der Waals surface area (Å²) in [6.07, 6.45) is 4.20. The highest BCUT2D eigenvalue weighted by Gasteiger charge is 2.56. The summed E-state index contributed by atoms with van der Waals surface area (Å²) < 4.78 is 34.0. The van der Waals surface area contributed by atoms with Gasteiger partial charge in [-0.3, -0.25) is 19.6 Å². The number of carbonyl (C=O) groups is 2. The van der Waals surface area contributed by atoms with Crippen molar-refractivity contribution in [1.29, 1.82) is 0 Å². The van der Waals surface area contributed by atoms with Crippen molar-refractivity contribution >= 4 is 45.0 Å². The van der Waals surface area contributed by atoms with Crippen LogP contribution in [-0.2, 0) is 9.59 Å². The van der Waals surface area contributed by atoms with Crippen molar-refractivity contribution in [3.63, 3.8) is 0 Å². The van der Waals surface area contributed by atoms with E-state index in [9.17, 15) is 9.59 Å². The van der Waals surface area contributed by atoms with E-state index in [-0.39, 0.29) is 11.8 Å². The average molecular weight is 687 g/mol.